The van der Waals surface area contributed by atoms with Crippen LogP contribution < -0.4 is 10.1 Å². The van der Waals surface area contributed by atoms with E-state index < -0.39 is 11.9 Å². The van der Waals surface area contributed by atoms with Crippen molar-refractivity contribution in [1.29, 1.82) is 0 Å². The van der Waals surface area contributed by atoms with Gasteiger partial charge in [-0.1, -0.05) is 49.0 Å². The van der Waals surface area contributed by atoms with Crippen molar-refractivity contribution in [3.63, 3.8) is 0 Å². The average molecular weight is 472 g/mol. The molecule has 2 bridgehead atoms. The predicted octanol–water partition coefficient (Wildman–Crippen LogP) is 5.42. The first kappa shape index (κ1) is 25.5. The van der Waals surface area contributed by atoms with Crippen LogP contribution in [0, 0.1) is 11.8 Å². The highest BCUT2D eigenvalue weighted by atomic mass is 35.5. The molecular formula is C23H31Cl2NO5. The summed E-state index contributed by atoms with van der Waals surface area (Å²) < 4.78 is 6.13. The summed E-state index contributed by atoms with van der Waals surface area (Å²) in [5, 5.41) is 20.6. The van der Waals surface area contributed by atoms with Crippen LogP contribution in [-0.4, -0.2) is 40.3 Å². The third kappa shape index (κ3) is 7.41. The van der Waals surface area contributed by atoms with Crippen LogP contribution in [0.25, 0.3) is 0 Å². The van der Waals surface area contributed by atoms with Crippen LogP contribution in [0.15, 0.2) is 30.4 Å². The van der Waals surface area contributed by atoms with Crippen LogP contribution in [0.5, 0.6) is 5.75 Å². The van der Waals surface area contributed by atoms with E-state index in [4.69, 9.17) is 38.2 Å². The quantitative estimate of drug-likeness (QED) is 0.437. The lowest BCUT2D eigenvalue weighted by atomic mass is 9.72. The van der Waals surface area contributed by atoms with Gasteiger partial charge in [0.05, 0.1) is 11.6 Å². The molecule has 0 aromatic heterocycles. The smallest absolute Gasteiger partial charge is 0.328 e. The number of hydrogen-bond donors (Lipinski definition) is 3. The molecule has 0 amide bonds. The van der Waals surface area contributed by atoms with Gasteiger partial charge in [-0.15, -0.1) is 0 Å². The van der Waals surface area contributed by atoms with Crippen LogP contribution in [-0.2, 0) is 9.59 Å². The van der Waals surface area contributed by atoms with Crippen molar-refractivity contribution in [2.75, 3.05) is 6.61 Å². The number of carboxylic acids is 2. The Bertz CT molecular complexity index is 784. The fraction of sp³-hybridized carbons (Fsp3) is 0.565. The summed E-state index contributed by atoms with van der Waals surface area (Å²) in [7, 11) is 0. The molecule has 0 aliphatic carbocycles. The molecule has 0 spiro atoms. The number of unbranched alkanes of at least 4 members (excludes halogenated alkanes) is 1. The number of fused-ring (bicyclic) bond motifs is 2. The maximum absolute atomic E-state index is 9.55. The lowest BCUT2D eigenvalue weighted by Crippen LogP contribution is -2.56. The average Bonchev–Trinajstić information content (AvgIpc) is 3.03. The van der Waals surface area contributed by atoms with Gasteiger partial charge in [0.1, 0.15) is 10.8 Å². The van der Waals surface area contributed by atoms with E-state index in [9.17, 15) is 9.59 Å². The van der Waals surface area contributed by atoms with E-state index in [1.807, 2.05) is 12.1 Å². The lowest BCUT2D eigenvalue weighted by molar-refractivity contribution is -0.134. The zero-order valence-corrected chi connectivity index (χ0v) is 19.5. The Balaban J connectivity index is 0.000000366. The summed E-state index contributed by atoms with van der Waals surface area (Å²) >= 11 is 12.4. The molecule has 172 valence electrons. The van der Waals surface area contributed by atoms with E-state index in [1.54, 1.807) is 6.07 Å². The van der Waals surface area contributed by atoms with Gasteiger partial charge in [0.15, 0.2) is 0 Å². The van der Waals surface area contributed by atoms with Gasteiger partial charge >= 0.3 is 11.9 Å². The third-order valence-corrected chi connectivity index (χ3v) is 6.95. The van der Waals surface area contributed by atoms with Gasteiger partial charge in [-0.2, -0.15) is 0 Å². The SMILES string of the molecule is CCCCC1CC2CCC(C)(N2)C1COc1cccc(Cl)c1Cl.O=C(O)/C=C/C(=O)O. The molecule has 2 heterocycles. The first-order valence-electron chi connectivity index (χ1n) is 10.6. The number of piperidine rings is 1. The predicted molar refractivity (Wildman–Crippen MR) is 122 cm³/mol. The van der Waals surface area contributed by atoms with Crippen LogP contribution >= 0.6 is 23.2 Å². The Morgan fingerprint density at radius 3 is 2.55 bits per heavy atom. The molecule has 2 saturated heterocycles. The number of ether oxygens (including phenoxy) is 1. The first-order chi connectivity index (χ1) is 14.7. The zero-order valence-electron chi connectivity index (χ0n) is 17.9. The number of carboxylic acid groups (broad SMARTS) is 2. The van der Waals surface area contributed by atoms with Crippen molar-refractivity contribution in [2.24, 2.45) is 11.8 Å². The van der Waals surface area contributed by atoms with Crippen molar-refractivity contribution in [3.05, 3.63) is 40.4 Å². The van der Waals surface area contributed by atoms with E-state index in [1.165, 1.54) is 38.5 Å². The minimum absolute atomic E-state index is 0.201. The summed E-state index contributed by atoms with van der Waals surface area (Å²) in [5.74, 6) is -0.536. The van der Waals surface area contributed by atoms with Gasteiger partial charge in [-0.25, -0.2) is 9.59 Å². The van der Waals surface area contributed by atoms with Crippen molar-refractivity contribution in [2.45, 2.75) is 64.0 Å². The number of rotatable bonds is 8. The maximum Gasteiger partial charge on any atom is 0.328 e. The lowest BCUT2D eigenvalue weighted by Gasteiger charge is -2.44. The Morgan fingerprint density at radius 2 is 1.94 bits per heavy atom. The summed E-state index contributed by atoms with van der Waals surface area (Å²) in [6, 6.07) is 6.30. The van der Waals surface area contributed by atoms with E-state index in [2.05, 4.69) is 19.2 Å². The number of nitrogens with one attached hydrogen (secondary N) is 1. The molecule has 2 fully saturated rings. The molecule has 3 N–H and O–H groups in total. The largest absolute Gasteiger partial charge is 0.492 e. The number of aliphatic carboxylic acids is 2. The summed E-state index contributed by atoms with van der Waals surface area (Å²) in [5.41, 5.74) is 0.201. The third-order valence-electron chi connectivity index (χ3n) is 6.15. The number of carbonyl (C=O) groups is 2. The van der Waals surface area contributed by atoms with Crippen molar-refractivity contribution in [1.82, 2.24) is 5.32 Å². The van der Waals surface area contributed by atoms with Crippen LogP contribution in [0.4, 0.5) is 0 Å². The summed E-state index contributed by atoms with van der Waals surface area (Å²) in [4.78, 5) is 19.1. The van der Waals surface area contributed by atoms with Crippen LogP contribution in [0.1, 0.15) is 52.4 Å². The van der Waals surface area contributed by atoms with Crippen molar-refractivity contribution < 1.29 is 24.5 Å². The molecule has 2 aliphatic rings. The van der Waals surface area contributed by atoms with Gasteiger partial charge < -0.3 is 20.3 Å². The Morgan fingerprint density at radius 1 is 1.26 bits per heavy atom. The van der Waals surface area contributed by atoms with Gasteiger partial charge in [-0.05, 0) is 50.7 Å². The number of halogens is 2. The molecule has 0 saturated carbocycles. The molecule has 8 heteroatoms. The zero-order chi connectivity index (χ0) is 23.0. The highest BCUT2D eigenvalue weighted by Gasteiger charge is 2.49. The molecule has 1 aromatic rings. The monoisotopic (exact) mass is 471 g/mol. The molecule has 4 atom stereocenters. The maximum atomic E-state index is 9.55. The molecule has 4 unspecified atom stereocenters. The highest BCUT2D eigenvalue weighted by Crippen LogP contribution is 2.45. The van der Waals surface area contributed by atoms with E-state index >= 15 is 0 Å². The van der Waals surface area contributed by atoms with Gasteiger partial charge in [0.25, 0.3) is 0 Å². The second-order valence-electron chi connectivity index (χ2n) is 8.41. The summed E-state index contributed by atoms with van der Waals surface area (Å²) in [6.45, 7) is 5.36. The van der Waals surface area contributed by atoms with Crippen molar-refractivity contribution in [3.8, 4) is 5.75 Å². The number of benzene rings is 1. The first-order valence-corrected chi connectivity index (χ1v) is 11.4. The summed E-state index contributed by atoms with van der Waals surface area (Å²) in [6.07, 6.45) is 8.82. The van der Waals surface area contributed by atoms with E-state index in [0.717, 1.165) is 5.92 Å². The normalized spacial score (nSPS) is 26.9. The van der Waals surface area contributed by atoms with E-state index in [0.29, 0.717) is 46.5 Å². The molecule has 3 rings (SSSR count). The highest BCUT2D eigenvalue weighted by molar-refractivity contribution is 6.42. The molecule has 2 aliphatic heterocycles. The molecule has 1 aromatic carbocycles. The van der Waals surface area contributed by atoms with E-state index in [-0.39, 0.29) is 5.54 Å². The standard InChI is InChI=1S/C19H27Cl2NO.C4H4O4/c1-3-4-6-13-11-14-9-10-19(2,22-14)15(13)12-23-17-8-5-7-16(20)18(17)21;5-3(6)1-2-4(7)8/h5,7-8,13-15,22H,3-4,6,9-12H2,1-2H3;1-2H,(H,5,6)(H,7,8)/b;2-1+. The second-order valence-corrected chi connectivity index (χ2v) is 9.20. The Labute approximate surface area is 193 Å². The topological polar surface area (TPSA) is 95.9 Å². The van der Waals surface area contributed by atoms with Gasteiger partial charge in [0, 0.05) is 29.7 Å². The minimum Gasteiger partial charge on any atom is -0.492 e. The molecule has 0 radical (unpaired) electrons. The van der Waals surface area contributed by atoms with Crippen LogP contribution in [0.3, 0.4) is 0 Å². The van der Waals surface area contributed by atoms with Gasteiger partial charge in [0.2, 0.25) is 0 Å². The molecule has 6 nitrogen and oxygen atoms in total. The second kappa shape index (κ2) is 11.7. The Hall–Kier alpha value is -1.76. The van der Waals surface area contributed by atoms with Gasteiger partial charge in [-0.3, -0.25) is 0 Å². The molecule has 31 heavy (non-hydrogen) atoms. The Kier molecular flexibility index (Phi) is 9.66. The fourth-order valence-corrected chi connectivity index (χ4v) is 4.97. The number of hydrogen-bond acceptors (Lipinski definition) is 4. The van der Waals surface area contributed by atoms with Crippen LogP contribution in [0.2, 0.25) is 10.0 Å². The van der Waals surface area contributed by atoms with Crippen molar-refractivity contribution >= 4 is 35.1 Å². The fourth-order valence-electron chi connectivity index (χ4n) is 4.63. The minimum atomic E-state index is -1.26. The molecular weight excluding hydrogens is 441 g/mol.